The van der Waals surface area contributed by atoms with E-state index in [4.69, 9.17) is 0 Å². The zero-order chi connectivity index (χ0) is 17.6. The van der Waals surface area contributed by atoms with Crippen LogP contribution < -0.4 is 5.32 Å². The highest BCUT2D eigenvalue weighted by atomic mass is 16.4. The normalized spacial score (nSPS) is 27.4. The molecule has 1 fully saturated rings. The van der Waals surface area contributed by atoms with Gasteiger partial charge < -0.3 is 10.4 Å². The number of anilines is 1. The molecule has 0 aromatic heterocycles. The van der Waals surface area contributed by atoms with Crippen molar-refractivity contribution in [2.45, 2.75) is 27.7 Å². The van der Waals surface area contributed by atoms with E-state index in [2.05, 4.69) is 5.32 Å². The SMILES string of the molecule is CC(C)=C1[C@H]2C=C[C@@H]1[C@@H](C(=O)Nc1cc(C)ccc1C)[C@H]2C(=O)O. The molecular weight excluding hydrogens is 302 g/mol. The first-order valence-electron chi connectivity index (χ1n) is 8.27. The Bertz CT molecular complexity index is 771. The number of carbonyl (C=O) groups is 2. The van der Waals surface area contributed by atoms with Crippen LogP contribution in [0.2, 0.25) is 0 Å². The zero-order valence-corrected chi connectivity index (χ0v) is 14.5. The molecule has 4 heteroatoms. The summed E-state index contributed by atoms with van der Waals surface area (Å²) >= 11 is 0. The van der Waals surface area contributed by atoms with Crippen molar-refractivity contribution in [3.8, 4) is 0 Å². The second kappa shape index (κ2) is 5.93. The molecule has 4 atom stereocenters. The van der Waals surface area contributed by atoms with Crippen LogP contribution in [0.1, 0.15) is 25.0 Å². The number of hydrogen-bond acceptors (Lipinski definition) is 2. The van der Waals surface area contributed by atoms with Crippen LogP contribution in [-0.2, 0) is 9.59 Å². The number of aliphatic carboxylic acids is 1. The number of carbonyl (C=O) groups excluding carboxylic acids is 1. The maximum Gasteiger partial charge on any atom is 0.308 e. The summed E-state index contributed by atoms with van der Waals surface area (Å²) in [6.45, 7) is 7.89. The summed E-state index contributed by atoms with van der Waals surface area (Å²) in [6, 6.07) is 5.88. The Balaban J connectivity index is 1.94. The first-order valence-corrected chi connectivity index (χ1v) is 8.27. The summed E-state index contributed by atoms with van der Waals surface area (Å²) in [4.78, 5) is 24.7. The van der Waals surface area contributed by atoms with Crippen LogP contribution >= 0.6 is 0 Å². The maximum atomic E-state index is 12.9. The third-order valence-electron chi connectivity index (χ3n) is 5.22. The maximum absolute atomic E-state index is 12.9. The van der Waals surface area contributed by atoms with E-state index < -0.39 is 17.8 Å². The molecule has 0 unspecified atom stereocenters. The number of carboxylic acid groups (broad SMARTS) is 1. The first kappa shape index (κ1) is 16.5. The van der Waals surface area contributed by atoms with Crippen LogP contribution in [0.25, 0.3) is 0 Å². The molecule has 0 spiro atoms. The first-order chi connectivity index (χ1) is 11.3. The predicted molar refractivity (Wildman–Crippen MR) is 93.7 cm³/mol. The second-order valence-electron chi connectivity index (χ2n) is 7.09. The van der Waals surface area contributed by atoms with Gasteiger partial charge in [0.15, 0.2) is 0 Å². The zero-order valence-electron chi connectivity index (χ0n) is 14.5. The van der Waals surface area contributed by atoms with Crippen LogP contribution in [-0.4, -0.2) is 17.0 Å². The highest BCUT2D eigenvalue weighted by Gasteiger charge is 2.54. The smallest absolute Gasteiger partial charge is 0.308 e. The Kier molecular flexibility index (Phi) is 4.08. The van der Waals surface area contributed by atoms with Crippen LogP contribution in [0, 0.1) is 37.5 Å². The van der Waals surface area contributed by atoms with Crippen molar-refractivity contribution in [1.29, 1.82) is 0 Å². The molecule has 0 saturated heterocycles. The minimum atomic E-state index is -0.897. The molecule has 2 N–H and O–H groups in total. The number of allylic oxidation sites excluding steroid dienone is 4. The highest BCUT2D eigenvalue weighted by Crippen LogP contribution is 2.53. The van der Waals surface area contributed by atoms with Gasteiger partial charge in [-0.3, -0.25) is 9.59 Å². The minimum Gasteiger partial charge on any atom is -0.481 e. The molecule has 1 aromatic rings. The Morgan fingerprint density at radius 3 is 2.25 bits per heavy atom. The van der Waals surface area contributed by atoms with Gasteiger partial charge in [-0.1, -0.05) is 35.4 Å². The van der Waals surface area contributed by atoms with Crippen LogP contribution in [0.4, 0.5) is 5.69 Å². The fourth-order valence-electron chi connectivity index (χ4n) is 4.13. The summed E-state index contributed by atoms with van der Waals surface area (Å²) in [6.07, 6.45) is 3.95. The summed E-state index contributed by atoms with van der Waals surface area (Å²) < 4.78 is 0. The Morgan fingerprint density at radius 2 is 1.67 bits per heavy atom. The summed E-state index contributed by atoms with van der Waals surface area (Å²) in [5.74, 6) is -2.60. The van der Waals surface area contributed by atoms with Crippen molar-refractivity contribution in [1.82, 2.24) is 0 Å². The second-order valence-corrected chi connectivity index (χ2v) is 7.09. The Hall–Kier alpha value is -2.36. The van der Waals surface area contributed by atoms with Crippen molar-refractivity contribution < 1.29 is 14.7 Å². The van der Waals surface area contributed by atoms with Crippen molar-refractivity contribution >= 4 is 17.6 Å². The number of hydrogen-bond donors (Lipinski definition) is 2. The summed E-state index contributed by atoms with van der Waals surface area (Å²) in [7, 11) is 0. The van der Waals surface area contributed by atoms with E-state index >= 15 is 0 Å². The van der Waals surface area contributed by atoms with E-state index in [-0.39, 0.29) is 17.7 Å². The molecule has 1 aromatic carbocycles. The van der Waals surface area contributed by atoms with E-state index in [1.54, 1.807) is 0 Å². The predicted octanol–water partition coefficient (Wildman–Crippen LogP) is 3.71. The highest BCUT2D eigenvalue weighted by molar-refractivity contribution is 5.97. The Morgan fingerprint density at radius 1 is 1.04 bits per heavy atom. The quantitative estimate of drug-likeness (QED) is 0.833. The monoisotopic (exact) mass is 325 g/mol. The van der Waals surface area contributed by atoms with Crippen molar-refractivity contribution in [2.24, 2.45) is 23.7 Å². The fourth-order valence-corrected chi connectivity index (χ4v) is 4.13. The fraction of sp³-hybridized carbons (Fsp3) is 0.400. The number of nitrogens with one attached hydrogen (secondary N) is 1. The average molecular weight is 325 g/mol. The Labute approximate surface area is 142 Å². The minimum absolute atomic E-state index is 0.105. The van der Waals surface area contributed by atoms with Gasteiger partial charge in [0.1, 0.15) is 0 Å². The number of fused-ring (bicyclic) bond motifs is 2. The van der Waals surface area contributed by atoms with Gasteiger partial charge in [0.05, 0.1) is 11.8 Å². The van der Waals surface area contributed by atoms with Crippen molar-refractivity contribution in [2.75, 3.05) is 5.32 Å². The third kappa shape index (κ3) is 2.56. The van der Waals surface area contributed by atoms with Gasteiger partial charge in [-0.05, 0) is 44.9 Å². The number of benzene rings is 1. The van der Waals surface area contributed by atoms with E-state index in [1.807, 2.05) is 58.0 Å². The van der Waals surface area contributed by atoms with Crippen molar-refractivity contribution in [3.05, 3.63) is 52.6 Å². The number of carboxylic acids is 1. The lowest BCUT2D eigenvalue weighted by atomic mass is 9.82. The van der Waals surface area contributed by atoms with Gasteiger partial charge in [-0.15, -0.1) is 0 Å². The standard InChI is InChI=1S/C20H23NO3/c1-10(2)16-13-7-8-14(16)18(20(23)24)17(13)19(22)21-15-9-11(3)5-6-12(15)4/h5-9,13-14,17-18H,1-4H3,(H,21,22)(H,23,24)/t13-,14+,17+,18-/m0/s1. The molecule has 24 heavy (non-hydrogen) atoms. The molecule has 0 radical (unpaired) electrons. The van der Waals surface area contributed by atoms with Crippen molar-refractivity contribution in [3.63, 3.8) is 0 Å². The molecule has 2 aliphatic carbocycles. The molecule has 1 saturated carbocycles. The number of rotatable bonds is 3. The average Bonchev–Trinajstić information content (AvgIpc) is 3.06. The molecule has 3 rings (SSSR count). The summed E-state index contributed by atoms with van der Waals surface area (Å²) in [5.41, 5.74) is 5.01. The number of aryl methyl sites for hydroxylation is 2. The van der Waals surface area contributed by atoms with Gasteiger partial charge in [0.25, 0.3) is 0 Å². The molecule has 126 valence electrons. The van der Waals surface area contributed by atoms with Gasteiger partial charge in [0, 0.05) is 17.5 Å². The summed E-state index contributed by atoms with van der Waals surface area (Å²) in [5, 5.41) is 12.6. The lowest BCUT2D eigenvalue weighted by Gasteiger charge is -2.23. The van der Waals surface area contributed by atoms with Crippen LogP contribution in [0.5, 0.6) is 0 Å². The van der Waals surface area contributed by atoms with Gasteiger partial charge >= 0.3 is 5.97 Å². The van der Waals surface area contributed by atoms with Gasteiger partial charge in [-0.25, -0.2) is 0 Å². The molecule has 1 amide bonds. The molecule has 4 nitrogen and oxygen atoms in total. The largest absolute Gasteiger partial charge is 0.481 e. The van der Waals surface area contributed by atoms with Gasteiger partial charge in [-0.2, -0.15) is 0 Å². The van der Waals surface area contributed by atoms with Gasteiger partial charge in [0.2, 0.25) is 5.91 Å². The van der Waals surface area contributed by atoms with E-state index in [1.165, 1.54) is 0 Å². The number of amides is 1. The van der Waals surface area contributed by atoms with Crippen LogP contribution in [0.3, 0.4) is 0 Å². The van der Waals surface area contributed by atoms with E-state index in [0.717, 1.165) is 28.0 Å². The van der Waals surface area contributed by atoms with E-state index in [0.29, 0.717) is 0 Å². The lowest BCUT2D eigenvalue weighted by Crippen LogP contribution is -2.36. The molecule has 0 heterocycles. The van der Waals surface area contributed by atoms with E-state index in [9.17, 15) is 14.7 Å². The molecule has 0 aliphatic heterocycles. The molecule has 2 bridgehead atoms. The van der Waals surface area contributed by atoms with Crippen LogP contribution in [0.15, 0.2) is 41.5 Å². The topological polar surface area (TPSA) is 66.4 Å². The molecule has 2 aliphatic rings. The lowest BCUT2D eigenvalue weighted by molar-refractivity contribution is -0.146. The molecular formula is C20H23NO3. The third-order valence-corrected chi connectivity index (χ3v) is 5.22.